The molecule has 0 N–H and O–H groups in total. The molecule has 0 aliphatic rings. The Labute approximate surface area is 556 Å². The molecule has 94 heavy (non-hydrogen) atoms. The van der Waals surface area contributed by atoms with Crippen LogP contribution in [0.15, 0.2) is 187 Å². The lowest BCUT2D eigenvalue weighted by atomic mass is 10.1. The molecule has 0 saturated heterocycles. The molecule has 0 fully saturated rings. The lowest BCUT2D eigenvalue weighted by Crippen LogP contribution is -2.66. The van der Waals surface area contributed by atoms with Crippen molar-refractivity contribution in [1.82, 2.24) is 0 Å². The Balaban J connectivity index is 1.42. The Morgan fingerprint density at radius 1 is 0.266 bits per heavy atom. The van der Waals surface area contributed by atoms with Gasteiger partial charge in [-0.25, -0.2) is 7.26 Å². The molecule has 0 heterocycles. The molecule has 0 aromatic heterocycles. The molecule has 522 valence electrons. The molecule has 6 aromatic carbocycles. The standard InChI is InChI=1S/C72H94F8O10S4/c1-5-9-13-17-21-31-55-85-59-39-47-65(48-40-59)91(63-35-27-25-28-36-63,66-49-41-60(42-50-66)86-56-32-22-18-14-10-6-2)89-93(81,82)71(77,78)69(73,74)70(75,76)72(79,80)94(83,84)90-92(64-37-29-26-30-38-64,67-51-43-61(44-52-67)87-57-33-23-19-15-11-7-3)68-53-45-62(46-54-68)88-58-34-24-20-16-12-8-4/h25-30,35-54H,5-24,31-34,55-58H2,1-4H3. The highest BCUT2D eigenvalue weighted by Gasteiger charge is 2.88. The van der Waals surface area contributed by atoms with Crippen molar-refractivity contribution in [2.75, 3.05) is 26.4 Å². The van der Waals surface area contributed by atoms with Crippen molar-refractivity contribution in [1.29, 1.82) is 0 Å². The summed E-state index contributed by atoms with van der Waals surface area (Å²) in [4.78, 5) is -1.56. The summed E-state index contributed by atoms with van der Waals surface area (Å²) in [6.07, 6.45) is 22.6. The maximum Gasteiger partial charge on any atom is 0.439 e. The second-order valence-corrected chi connectivity index (χ2v) is 32.3. The van der Waals surface area contributed by atoms with E-state index < -0.39 is 63.2 Å². The molecule has 0 spiro atoms. The molecule has 22 heteroatoms. The van der Waals surface area contributed by atoms with E-state index in [2.05, 4.69) is 27.7 Å². The summed E-state index contributed by atoms with van der Waals surface area (Å²) in [5.74, 6) is -14.7. The highest BCUT2D eigenvalue weighted by atomic mass is 32.3. The fraction of sp³-hybridized carbons (Fsp3) is 0.500. The topological polar surface area (TPSA) is 124 Å². The monoisotopic (exact) mass is 1400 g/mol. The molecule has 0 aliphatic heterocycles. The number of rotatable bonds is 47. The van der Waals surface area contributed by atoms with Crippen LogP contribution >= 0.6 is 20.6 Å². The van der Waals surface area contributed by atoms with Gasteiger partial charge < -0.3 is 18.9 Å². The smallest absolute Gasteiger partial charge is 0.439 e. The Morgan fingerprint density at radius 3 is 0.670 bits per heavy atom. The van der Waals surface area contributed by atoms with Crippen molar-refractivity contribution in [3.05, 3.63) is 158 Å². The minimum Gasteiger partial charge on any atom is -0.494 e. The number of alkyl halides is 8. The maximum absolute atomic E-state index is 17.2. The molecule has 10 nitrogen and oxygen atoms in total. The Kier molecular flexibility index (Phi) is 30.7. The minimum atomic E-state index is -7.81. The Hall–Kier alpha value is -5.52. The van der Waals surface area contributed by atoms with Gasteiger partial charge in [0, 0.05) is 29.4 Å². The van der Waals surface area contributed by atoms with E-state index in [1.165, 1.54) is 158 Å². The van der Waals surface area contributed by atoms with Crippen LogP contribution in [0.25, 0.3) is 0 Å². The van der Waals surface area contributed by atoms with Crippen molar-refractivity contribution in [3.8, 4) is 23.0 Å². The predicted octanol–water partition coefficient (Wildman–Crippen LogP) is 22.9. The Morgan fingerprint density at radius 2 is 0.457 bits per heavy atom. The van der Waals surface area contributed by atoms with E-state index in [1.54, 1.807) is 0 Å². The van der Waals surface area contributed by atoms with Crippen molar-refractivity contribution >= 4 is 40.9 Å². The van der Waals surface area contributed by atoms with Crippen LogP contribution in [0.1, 0.15) is 182 Å². The first-order valence-electron chi connectivity index (χ1n) is 33.1. The summed E-state index contributed by atoms with van der Waals surface area (Å²) >= 11 is 0. The van der Waals surface area contributed by atoms with Gasteiger partial charge in [0.05, 0.1) is 26.4 Å². The average molecular weight is 1400 g/mol. The third kappa shape index (κ3) is 19.6. The van der Waals surface area contributed by atoms with Crippen molar-refractivity contribution < 1.29 is 78.2 Å². The van der Waals surface area contributed by atoms with Gasteiger partial charge in [0.15, 0.2) is 0 Å². The first kappa shape index (κ1) is 77.5. The van der Waals surface area contributed by atoms with Gasteiger partial charge in [-0.3, -0.25) is 0 Å². The number of hydrogen-bond donors (Lipinski definition) is 0. The lowest BCUT2D eigenvalue weighted by molar-refractivity contribution is -0.327. The number of hydrogen-bond acceptors (Lipinski definition) is 10. The SMILES string of the molecule is CCCCCCCCOc1ccc(S(OS(=O)(=O)C(F)(F)C(F)(F)C(F)(F)C(F)(F)S(=O)(=O)OS(c2ccccc2)(c2ccc(OCCCCCCCC)cc2)c2ccc(OCCCCCCCC)cc2)(c2ccccc2)c2ccc(OCCCCCCCC)cc2)cc1. The van der Waals surface area contributed by atoms with Crippen LogP contribution in [-0.2, 0) is 27.5 Å². The third-order valence-electron chi connectivity index (χ3n) is 16.0. The number of halogens is 8. The number of ether oxygens (including phenoxy) is 4. The molecule has 0 bridgehead atoms. The van der Waals surface area contributed by atoms with Crippen LogP contribution in [0, 0.1) is 0 Å². The Bertz CT molecular complexity index is 3000. The van der Waals surface area contributed by atoms with E-state index in [0.717, 1.165) is 128 Å². The van der Waals surface area contributed by atoms with E-state index in [0.29, 0.717) is 25.7 Å². The summed E-state index contributed by atoms with van der Waals surface area (Å²) in [6, 6.07) is 34.0. The zero-order chi connectivity index (χ0) is 68.2. The molecule has 0 unspecified atom stereocenters. The predicted molar refractivity (Wildman–Crippen MR) is 359 cm³/mol. The summed E-state index contributed by atoms with van der Waals surface area (Å²) in [7, 11) is -24.1. The molecule has 0 atom stereocenters. The lowest BCUT2D eigenvalue weighted by Gasteiger charge is -2.43. The van der Waals surface area contributed by atoms with Gasteiger partial charge >= 0.3 is 42.6 Å². The van der Waals surface area contributed by atoms with E-state index >= 15 is 35.1 Å². The molecule has 6 aromatic rings. The normalized spacial score (nSPS) is 13.2. The fourth-order valence-corrected chi connectivity index (χ4v) is 20.9. The van der Waals surface area contributed by atoms with E-state index in [1.807, 2.05) is 0 Å². The summed E-state index contributed by atoms with van der Waals surface area (Å²) in [5.41, 5.74) is 0. The van der Waals surface area contributed by atoms with Crippen molar-refractivity contribution in [3.63, 3.8) is 0 Å². The number of unbranched alkanes of at least 4 members (excludes halogenated alkanes) is 20. The van der Waals surface area contributed by atoms with Crippen LogP contribution in [0.5, 0.6) is 23.0 Å². The van der Waals surface area contributed by atoms with Crippen LogP contribution in [0.2, 0.25) is 0 Å². The zero-order valence-electron chi connectivity index (χ0n) is 54.5. The van der Waals surface area contributed by atoms with Crippen molar-refractivity contribution in [2.45, 2.75) is 234 Å². The highest BCUT2D eigenvalue weighted by Crippen LogP contribution is 2.74. The average Bonchev–Trinajstić information content (AvgIpc) is 0.703. The molecule has 0 aliphatic carbocycles. The third-order valence-corrected chi connectivity index (χ3v) is 26.4. The quantitative estimate of drug-likeness (QED) is 0.0269. The maximum atomic E-state index is 17.2. The van der Waals surface area contributed by atoms with Crippen LogP contribution in [-0.4, -0.2) is 65.6 Å². The highest BCUT2D eigenvalue weighted by molar-refractivity contribution is 8.33. The van der Waals surface area contributed by atoms with Crippen LogP contribution < -0.4 is 18.9 Å². The van der Waals surface area contributed by atoms with Gasteiger partial charge in [-0.15, -0.1) is 0 Å². The van der Waals surface area contributed by atoms with Gasteiger partial charge in [-0.1, -0.05) is 193 Å². The second kappa shape index (κ2) is 37.3. The van der Waals surface area contributed by atoms with E-state index in [4.69, 9.17) is 26.2 Å². The van der Waals surface area contributed by atoms with Crippen molar-refractivity contribution in [2.24, 2.45) is 0 Å². The van der Waals surface area contributed by atoms with Gasteiger partial charge in [-0.2, -0.15) is 52.0 Å². The summed E-state index contributed by atoms with van der Waals surface area (Å²) in [5, 5.41) is -14.7. The minimum absolute atomic E-state index is 0.231. The second-order valence-electron chi connectivity index (χ2n) is 23.3. The molecular weight excluding hydrogens is 1310 g/mol. The molecular formula is C72H94F8O10S4. The van der Waals surface area contributed by atoms with E-state index in [-0.39, 0.29) is 78.8 Å². The first-order valence-corrected chi connectivity index (χ1v) is 39.1. The fourth-order valence-electron chi connectivity index (χ4n) is 10.5. The van der Waals surface area contributed by atoms with Crippen LogP contribution in [0.4, 0.5) is 35.1 Å². The zero-order valence-corrected chi connectivity index (χ0v) is 57.8. The summed E-state index contributed by atoms with van der Waals surface area (Å²) in [6.45, 7) is 9.40. The molecule has 6 rings (SSSR count). The van der Waals surface area contributed by atoms with Gasteiger partial charge in [0.1, 0.15) is 23.0 Å². The van der Waals surface area contributed by atoms with E-state index in [9.17, 15) is 16.8 Å². The molecule has 0 amide bonds. The first-order chi connectivity index (χ1) is 45.0. The van der Waals surface area contributed by atoms with Gasteiger partial charge in [0.25, 0.3) is 0 Å². The number of benzene rings is 6. The van der Waals surface area contributed by atoms with Gasteiger partial charge in [-0.05, 0) is 168 Å². The molecule has 0 saturated carbocycles. The largest absolute Gasteiger partial charge is 0.494 e. The van der Waals surface area contributed by atoms with Crippen LogP contribution in [0.3, 0.4) is 0 Å². The summed E-state index contributed by atoms with van der Waals surface area (Å²) < 4.78 is 229. The van der Waals surface area contributed by atoms with Gasteiger partial charge in [0.2, 0.25) is 0 Å². The molecule has 0 radical (unpaired) electrons.